The van der Waals surface area contributed by atoms with E-state index >= 15 is 0 Å². The fourth-order valence-electron chi connectivity index (χ4n) is 1.87. The Bertz CT molecular complexity index is 370. The summed E-state index contributed by atoms with van der Waals surface area (Å²) in [5.74, 6) is -0.0889. The van der Waals surface area contributed by atoms with Crippen LogP contribution in [0.3, 0.4) is 0 Å². The zero-order valence-electron chi connectivity index (χ0n) is 8.54. The van der Waals surface area contributed by atoms with Gasteiger partial charge in [-0.1, -0.05) is 29.8 Å². The highest BCUT2D eigenvalue weighted by Crippen LogP contribution is 2.36. The summed E-state index contributed by atoms with van der Waals surface area (Å²) in [5, 5.41) is 0. The Morgan fingerprint density at radius 1 is 1.43 bits per heavy atom. The minimum atomic E-state index is -0.400. The van der Waals surface area contributed by atoms with E-state index in [1.54, 1.807) is 0 Å². The molecular formula is C12H14O2. The summed E-state index contributed by atoms with van der Waals surface area (Å²) in [4.78, 5) is 11.1. The van der Waals surface area contributed by atoms with Crippen LogP contribution in [-0.4, -0.2) is 5.97 Å². The first kappa shape index (κ1) is 9.25. The van der Waals surface area contributed by atoms with Crippen LogP contribution in [0, 0.1) is 6.92 Å². The molecule has 0 saturated carbocycles. The number of carbonyl (C=O) groups is 1. The van der Waals surface area contributed by atoms with Crippen molar-refractivity contribution in [3.8, 4) is 0 Å². The molecule has 0 radical (unpaired) electrons. The Kier molecular flexibility index (Phi) is 2.06. The van der Waals surface area contributed by atoms with E-state index in [9.17, 15) is 4.79 Å². The van der Waals surface area contributed by atoms with Crippen molar-refractivity contribution in [3.63, 3.8) is 0 Å². The van der Waals surface area contributed by atoms with Crippen LogP contribution in [0.1, 0.15) is 30.9 Å². The van der Waals surface area contributed by atoms with Crippen molar-refractivity contribution in [1.82, 2.24) is 0 Å². The lowest BCUT2D eigenvalue weighted by Gasteiger charge is -2.23. The fourth-order valence-corrected chi connectivity index (χ4v) is 1.87. The first-order valence-electron chi connectivity index (χ1n) is 4.89. The van der Waals surface area contributed by atoms with Crippen LogP contribution in [0.4, 0.5) is 0 Å². The smallest absolute Gasteiger partial charge is 0.306 e. The van der Waals surface area contributed by atoms with Gasteiger partial charge in [-0.25, -0.2) is 0 Å². The number of aryl methyl sites for hydroxylation is 1. The number of carbonyl (C=O) groups excluding carboxylic acids is 1. The molecule has 0 aromatic heterocycles. The molecule has 1 fully saturated rings. The van der Waals surface area contributed by atoms with Gasteiger partial charge in [0.15, 0.2) is 0 Å². The Morgan fingerprint density at radius 3 is 2.79 bits per heavy atom. The topological polar surface area (TPSA) is 26.3 Å². The molecule has 14 heavy (non-hydrogen) atoms. The molecule has 74 valence electrons. The molecule has 0 N–H and O–H groups in total. The molecular weight excluding hydrogens is 176 g/mol. The van der Waals surface area contributed by atoms with Gasteiger partial charge < -0.3 is 4.74 Å². The van der Waals surface area contributed by atoms with E-state index in [1.807, 2.05) is 32.0 Å². The van der Waals surface area contributed by atoms with E-state index in [-0.39, 0.29) is 5.97 Å². The van der Waals surface area contributed by atoms with Crippen LogP contribution in [0.15, 0.2) is 24.3 Å². The van der Waals surface area contributed by atoms with E-state index in [1.165, 1.54) is 5.56 Å². The number of hydrogen-bond acceptors (Lipinski definition) is 2. The van der Waals surface area contributed by atoms with Crippen molar-refractivity contribution in [2.24, 2.45) is 0 Å². The quantitative estimate of drug-likeness (QED) is 0.636. The number of benzene rings is 1. The van der Waals surface area contributed by atoms with E-state index in [0.29, 0.717) is 6.42 Å². The first-order valence-corrected chi connectivity index (χ1v) is 4.89. The van der Waals surface area contributed by atoms with Crippen molar-refractivity contribution < 1.29 is 9.53 Å². The van der Waals surface area contributed by atoms with Crippen LogP contribution >= 0.6 is 0 Å². The van der Waals surface area contributed by atoms with E-state index in [4.69, 9.17) is 4.74 Å². The molecule has 1 aromatic rings. The van der Waals surface area contributed by atoms with Crippen LogP contribution in [0.25, 0.3) is 0 Å². The van der Waals surface area contributed by atoms with Crippen molar-refractivity contribution in [2.75, 3.05) is 0 Å². The second-order valence-corrected chi connectivity index (χ2v) is 4.07. The van der Waals surface area contributed by atoms with Crippen molar-refractivity contribution >= 4 is 5.97 Å². The second kappa shape index (κ2) is 3.12. The molecule has 2 heteroatoms. The average molecular weight is 190 g/mol. The average Bonchev–Trinajstić information content (AvgIpc) is 2.48. The summed E-state index contributed by atoms with van der Waals surface area (Å²) in [7, 11) is 0. The van der Waals surface area contributed by atoms with Gasteiger partial charge in [-0.15, -0.1) is 0 Å². The van der Waals surface area contributed by atoms with Gasteiger partial charge in [0.05, 0.1) is 0 Å². The molecule has 2 rings (SSSR count). The Morgan fingerprint density at radius 2 is 2.21 bits per heavy atom. The van der Waals surface area contributed by atoms with Gasteiger partial charge in [0.25, 0.3) is 0 Å². The van der Waals surface area contributed by atoms with Gasteiger partial charge in [-0.3, -0.25) is 4.79 Å². The molecule has 2 nitrogen and oxygen atoms in total. The lowest BCUT2D eigenvalue weighted by atomic mass is 9.92. The maximum absolute atomic E-state index is 11.1. The van der Waals surface area contributed by atoms with Gasteiger partial charge in [-0.2, -0.15) is 0 Å². The Balaban J connectivity index is 2.34. The third kappa shape index (κ3) is 1.52. The number of ether oxygens (including phenoxy) is 1. The highest BCUT2D eigenvalue weighted by atomic mass is 16.6. The third-order valence-electron chi connectivity index (χ3n) is 2.77. The maximum Gasteiger partial charge on any atom is 0.306 e. The molecule has 1 heterocycles. The first-order chi connectivity index (χ1) is 6.60. The SMILES string of the molecule is Cc1cccc(C2(C)CCC(=O)O2)c1. The molecule has 0 aliphatic carbocycles. The Labute approximate surface area is 83.9 Å². The molecule has 1 aliphatic rings. The van der Waals surface area contributed by atoms with Crippen molar-refractivity contribution in [2.45, 2.75) is 32.3 Å². The molecule has 1 unspecified atom stereocenters. The fraction of sp³-hybridized carbons (Fsp3) is 0.417. The molecule has 0 amide bonds. The largest absolute Gasteiger partial charge is 0.454 e. The maximum atomic E-state index is 11.1. The normalized spacial score (nSPS) is 26.3. The van der Waals surface area contributed by atoms with Gasteiger partial charge in [0.1, 0.15) is 5.60 Å². The summed E-state index contributed by atoms with van der Waals surface area (Å²) in [6.45, 7) is 4.02. The Hall–Kier alpha value is -1.31. The van der Waals surface area contributed by atoms with Crippen LogP contribution in [0.5, 0.6) is 0 Å². The highest BCUT2D eigenvalue weighted by molar-refractivity contribution is 5.72. The number of rotatable bonds is 1. The van der Waals surface area contributed by atoms with Gasteiger partial charge >= 0.3 is 5.97 Å². The lowest BCUT2D eigenvalue weighted by molar-refractivity contribution is -0.147. The van der Waals surface area contributed by atoms with E-state index < -0.39 is 5.60 Å². The van der Waals surface area contributed by atoms with Crippen LogP contribution in [0.2, 0.25) is 0 Å². The van der Waals surface area contributed by atoms with Crippen LogP contribution in [-0.2, 0) is 15.1 Å². The minimum Gasteiger partial charge on any atom is -0.454 e. The zero-order chi connectivity index (χ0) is 10.2. The van der Waals surface area contributed by atoms with E-state index in [0.717, 1.165) is 12.0 Å². The summed E-state index contributed by atoms with van der Waals surface area (Å²) >= 11 is 0. The predicted molar refractivity (Wildman–Crippen MR) is 53.9 cm³/mol. The second-order valence-electron chi connectivity index (χ2n) is 4.07. The van der Waals surface area contributed by atoms with Crippen LogP contribution < -0.4 is 0 Å². The van der Waals surface area contributed by atoms with Crippen molar-refractivity contribution in [3.05, 3.63) is 35.4 Å². The zero-order valence-corrected chi connectivity index (χ0v) is 8.54. The predicted octanol–water partition coefficient (Wildman–Crippen LogP) is 2.55. The van der Waals surface area contributed by atoms with Gasteiger partial charge in [0.2, 0.25) is 0 Å². The number of esters is 1. The summed E-state index contributed by atoms with van der Waals surface area (Å²) < 4.78 is 5.35. The molecule has 1 aliphatic heterocycles. The third-order valence-corrected chi connectivity index (χ3v) is 2.77. The van der Waals surface area contributed by atoms with E-state index in [2.05, 4.69) is 6.07 Å². The lowest BCUT2D eigenvalue weighted by Crippen LogP contribution is -2.20. The monoisotopic (exact) mass is 190 g/mol. The number of cyclic esters (lactones) is 1. The highest BCUT2D eigenvalue weighted by Gasteiger charge is 2.37. The summed E-state index contributed by atoms with van der Waals surface area (Å²) in [5.41, 5.74) is 1.90. The van der Waals surface area contributed by atoms with Gasteiger partial charge in [0, 0.05) is 12.8 Å². The number of hydrogen-bond donors (Lipinski definition) is 0. The van der Waals surface area contributed by atoms with Crippen molar-refractivity contribution in [1.29, 1.82) is 0 Å². The molecule has 1 saturated heterocycles. The minimum absolute atomic E-state index is 0.0889. The molecule has 1 atom stereocenters. The summed E-state index contributed by atoms with van der Waals surface area (Å²) in [6, 6.07) is 8.15. The molecule has 0 spiro atoms. The standard InChI is InChI=1S/C12H14O2/c1-9-4-3-5-10(8-9)12(2)7-6-11(13)14-12/h3-5,8H,6-7H2,1-2H3. The molecule has 0 bridgehead atoms. The van der Waals surface area contributed by atoms with Gasteiger partial charge in [-0.05, 0) is 19.4 Å². The summed E-state index contributed by atoms with van der Waals surface area (Å²) in [6.07, 6.45) is 1.32. The molecule has 1 aromatic carbocycles.